The van der Waals surface area contributed by atoms with Crippen molar-refractivity contribution in [2.75, 3.05) is 36.3 Å². The van der Waals surface area contributed by atoms with E-state index in [9.17, 15) is 9.59 Å². The molecule has 1 aliphatic heterocycles. The zero-order valence-corrected chi connectivity index (χ0v) is 14.0. The molecule has 0 saturated carbocycles. The highest BCUT2D eigenvalue weighted by Crippen LogP contribution is 2.27. The maximum absolute atomic E-state index is 12.6. The molecule has 0 atom stereocenters. The van der Waals surface area contributed by atoms with Gasteiger partial charge in [-0.3, -0.25) is 9.59 Å². The Morgan fingerprint density at radius 1 is 1.25 bits per heavy atom. The fraction of sp³-hybridized carbons (Fsp3) is 0.278. The smallest absolute Gasteiger partial charge is 0.231 e. The summed E-state index contributed by atoms with van der Waals surface area (Å²) in [7, 11) is 5.54. The number of nitrogens with zero attached hydrogens (tertiary/aromatic N) is 3. The fourth-order valence-corrected chi connectivity index (χ4v) is 2.79. The second-order valence-corrected chi connectivity index (χ2v) is 6.09. The summed E-state index contributed by atoms with van der Waals surface area (Å²) in [6.07, 6.45) is 2.38. The van der Waals surface area contributed by atoms with Crippen LogP contribution in [0.3, 0.4) is 0 Å². The summed E-state index contributed by atoms with van der Waals surface area (Å²) < 4.78 is 0. The van der Waals surface area contributed by atoms with Crippen LogP contribution in [-0.4, -0.2) is 37.9 Å². The second-order valence-electron chi connectivity index (χ2n) is 6.09. The number of aromatic nitrogens is 1. The van der Waals surface area contributed by atoms with Gasteiger partial charge < -0.3 is 15.1 Å². The lowest BCUT2D eigenvalue weighted by Crippen LogP contribution is -2.29. The highest BCUT2D eigenvalue weighted by atomic mass is 16.2. The molecule has 0 bridgehead atoms. The van der Waals surface area contributed by atoms with Gasteiger partial charge in [0.1, 0.15) is 0 Å². The number of anilines is 3. The number of pyridine rings is 1. The predicted molar refractivity (Wildman–Crippen MR) is 94.5 cm³/mol. The first-order valence-corrected chi connectivity index (χ1v) is 7.76. The summed E-state index contributed by atoms with van der Waals surface area (Å²) in [5.41, 5.74) is 3.43. The van der Waals surface area contributed by atoms with Crippen molar-refractivity contribution in [1.82, 2.24) is 4.98 Å². The van der Waals surface area contributed by atoms with Gasteiger partial charge in [-0.25, -0.2) is 4.98 Å². The molecule has 6 nitrogen and oxygen atoms in total. The first-order chi connectivity index (χ1) is 11.5. The molecule has 3 rings (SSSR count). The molecule has 1 aliphatic rings. The Labute approximate surface area is 141 Å². The number of hydrogen-bond donors (Lipinski definition) is 1. The van der Waals surface area contributed by atoms with Crippen LogP contribution >= 0.6 is 0 Å². The van der Waals surface area contributed by atoms with Crippen LogP contribution in [0, 0.1) is 0 Å². The zero-order chi connectivity index (χ0) is 17.3. The Balaban J connectivity index is 1.78. The third-order valence-corrected chi connectivity index (χ3v) is 4.08. The number of nitrogens with one attached hydrogen (secondary N) is 1. The highest BCUT2D eigenvalue weighted by molar-refractivity contribution is 6.00. The Hall–Kier alpha value is -2.89. The number of benzene rings is 1. The van der Waals surface area contributed by atoms with Gasteiger partial charge in [-0.2, -0.15) is 0 Å². The number of hydrogen-bond acceptors (Lipinski definition) is 4. The van der Waals surface area contributed by atoms with Crippen molar-refractivity contribution >= 4 is 29.0 Å². The summed E-state index contributed by atoms with van der Waals surface area (Å²) >= 11 is 0. The molecule has 6 heteroatoms. The van der Waals surface area contributed by atoms with Crippen LogP contribution in [0.15, 0.2) is 36.5 Å². The molecule has 0 fully saturated rings. The molecule has 124 valence electrons. The van der Waals surface area contributed by atoms with Gasteiger partial charge in [0.15, 0.2) is 5.82 Å². The number of likely N-dealkylation sites (N-methyl/N-ethyl adjacent to an activating group) is 1. The largest absolute Gasteiger partial charge is 0.361 e. The van der Waals surface area contributed by atoms with Gasteiger partial charge in [-0.15, -0.1) is 0 Å². The number of amides is 2. The van der Waals surface area contributed by atoms with Crippen molar-refractivity contribution in [1.29, 1.82) is 0 Å². The van der Waals surface area contributed by atoms with Crippen molar-refractivity contribution in [3.8, 4) is 0 Å². The van der Waals surface area contributed by atoms with E-state index in [1.807, 2.05) is 49.3 Å². The van der Waals surface area contributed by atoms with E-state index in [-0.39, 0.29) is 18.2 Å². The average Bonchev–Trinajstić information content (AvgIpc) is 2.93. The molecular formula is C18H20N4O2. The van der Waals surface area contributed by atoms with Gasteiger partial charge >= 0.3 is 0 Å². The maximum Gasteiger partial charge on any atom is 0.231 e. The van der Waals surface area contributed by atoms with Crippen molar-refractivity contribution in [3.63, 3.8) is 0 Å². The van der Waals surface area contributed by atoms with E-state index in [1.54, 1.807) is 18.1 Å². The lowest BCUT2D eigenvalue weighted by atomic mass is 10.1. The van der Waals surface area contributed by atoms with Gasteiger partial charge in [-0.05, 0) is 29.3 Å². The van der Waals surface area contributed by atoms with Crippen molar-refractivity contribution in [3.05, 3.63) is 47.7 Å². The van der Waals surface area contributed by atoms with Crippen molar-refractivity contribution in [2.45, 2.75) is 12.8 Å². The van der Waals surface area contributed by atoms with E-state index in [2.05, 4.69) is 10.3 Å². The van der Waals surface area contributed by atoms with Gasteiger partial charge in [0.2, 0.25) is 11.8 Å². The van der Waals surface area contributed by atoms with Gasteiger partial charge in [-0.1, -0.05) is 12.1 Å². The number of carbonyl (C=O) groups is 2. The molecule has 1 aromatic heterocycles. The highest BCUT2D eigenvalue weighted by Gasteiger charge is 2.20. The molecule has 0 unspecified atom stereocenters. The average molecular weight is 324 g/mol. The quantitative estimate of drug-likeness (QED) is 0.932. The first kappa shape index (κ1) is 16.0. The Morgan fingerprint density at radius 3 is 2.79 bits per heavy atom. The van der Waals surface area contributed by atoms with Crippen LogP contribution in [0.2, 0.25) is 0 Å². The minimum atomic E-state index is -0.0321. The number of fused-ring (bicyclic) bond motifs is 1. The standard InChI is InChI=1S/C18H20N4O2/c1-21(2)18-15(5-4-8-19-18)22(3)17(24)10-12-6-7-13-11-16(23)20-14(13)9-12/h4-9H,10-11H2,1-3H3,(H,20,23). The fourth-order valence-electron chi connectivity index (χ4n) is 2.79. The molecule has 1 aromatic carbocycles. The number of rotatable bonds is 4. The van der Waals surface area contributed by atoms with Crippen molar-refractivity contribution in [2.24, 2.45) is 0 Å². The van der Waals surface area contributed by atoms with E-state index in [1.165, 1.54) is 0 Å². The lowest BCUT2D eigenvalue weighted by Gasteiger charge is -2.23. The Bertz CT molecular complexity index is 801. The molecule has 0 radical (unpaired) electrons. The van der Waals surface area contributed by atoms with Gasteiger partial charge in [0, 0.05) is 33.0 Å². The minimum Gasteiger partial charge on any atom is -0.361 e. The summed E-state index contributed by atoms with van der Waals surface area (Å²) in [5.74, 6) is 0.710. The first-order valence-electron chi connectivity index (χ1n) is 7.76. The molecule has 1 N–H and O–H groups in total. The third-order valence-electron chi connectivity index (χ3n) is 4.08. The maximum atomic E-state index is 12.6. The summed E-state index contributed by atoms with van der Waals surface area (Å²) in [5, 5.41) is 2.82. The Morgan fingerprint density at radius 2 is 2.04 bits per heavy atom. The number of carbonyl (C=O) groups excluding carboxylic acids is 2. The van der Waals surface area contributed by atoms with Crippen LogP contribution in [0.4, 0.5) is 17.2 Å². The molecule has 2 aromatic rings. The summed E-state index contributed by atoms with van der Waals surface area (Å²) in [4.78, 5) is 31.9. The van der Waals surface area contributed by atoms with E-state index in [0.717, 1.165) is 28.3 Å². The molecule has 0 saturated heterocycles. The molecule has 0 aliphatic carbocycles. The van der Waals surface area contributed by atoms with Gasteiger partial charge in [0.25, 0.3) is 0 Å². The van der Waals surface area contributed by atoms with E-state index in [4.69, 9.17) is 0 Å². The van der Waals surface area contributed by atoms with Crippen LogP contribution in [0.1, 0.15) is 11.1 Å². The summed E-state index contributed by atoms with van der Waals surface area (Å²) in [6.45, 7) is 0. The lowest BCUT2D eigenvalue weighted by molar-refractivity contribution is -0.117. The molecular weight excluding hydrogens is 304 g/mol. The van der Waals surface area contributed by atoms with E-state index >= 15 is 0 Å². The minimum absolute atomic E-state index is 0.00317. The summed E-state index contributed by atoms with van der Waals surface area (Å²) in [6, 6.07) is 9.38. The van der Waals surface area contributed by atoms with Crippen molar-refractivity contribution < 1.29 is 9.59 Å². The van der Waals surface area contributed by atoms with Crippen LogP contribution in [-0.2, 0) is 22.4 Å². The molecule has 2 heterocycles. The van der Waals surface area contributed by atoms with Gasteiger partial charge in [0.05, 0.1) is 18.5 Å². The second kappa shape index (κ2) is 6.31. The van der Waals surface area contributed by atoms with Crippen LogP contribution in [0.25, 0.3) is 0 Å². The normalized spacial score (nSPS) is 12.5. The monoisotopic (exact) mass is 324 g/mol. The molecule has 2 amide bonds. The predicted octanol–water partition coefficient (Wildman–Crippen LogP) is 1.85. The van der Waals surface area contributed by atoms with E-state index in [0.29, 0.717) is 6.42 Å². The SMILES string of the molecule is CN(C)c1ncccc1N(C)C(=O)Cc1ccc2c(c1)NC(=O)C2. The molecule has 24 heavy (non-hydrogen) atoms. The van der Waals surface area contributed by atoms with Crippen LogP contribution < -0.4 is 15.1 Å². The third kappa shape index (κ3) is 3.08. The Kier molecular flexibility index (Phi) is 4.20. The van der Waals surface area contributed by atoms with E-state index < -0.39 is 0 Å². The molecule has 0 spiro atoms. The topological polar surface area (TPSA) is 65.5 Å². The van der Waals surface area contributed by atoms with Crippen LogP contribution in [0.5, 0.6) is 0 Å². The zero-order valence-electron chi connectivity index (χ0n) is 14.0.